The molecule has 8 heteroatoms. The first-order valence-corrected chi connectivity index (χ1v) is 8.79. The van der Waals surface area contributed by atoms with Crippen LogP contribution in [-0.4, -0.2) is 30.1 Å². The van der Waals surface area contributed by atoms with Gasteiger partial charge in [-0.2, -0.15) is 0 Å². The third kappa shape index (κ3) is 4.69. The lowest BCUT2D eigenvalue weighted by molar-refractivity contribution is 0.102. The minimum atomic E-state index is -0.333. The molecule has 2 N–H and O–H groups in total. The molecule has 2 heterocycles. The Morgan fingerprint density at radius 3 is 2.61 bits per heavy atom. The van der Waals surface area contributed by atoms with E-state index in [1.54, 1.807) is 36.8 Å². The standard InChI is InChI=1S/C20H19ClN4O3/c1-27-18-8-17(19(28-2)7-16(18)21)25-20(26)14-6-15(12-23-11-14)24-10-13-4-3-5-22-9-13/h3-9,11-12,24H,10H2,1-2H3,(H,25,26). The van der Waals surface area contributed by atoms with Gasteiger partial charge < -0.3 is 20.1 Å². The summed E-state index contributed by atoms with van der Waals surface area (Å²) in [4.78, 5) is 20.9. The number of pyridine rings is 2. The van der Waals surface area contributed by atoms with Gasteiger partial charge in [0.15, 0.2) is 0 Å². The van der Waals surface area contributed by atoms with Crippen molar-refractivity contribution in [3.05, 3.63) is 71.3 Å². The molecule has 0 aliphatic rings. The Morgan fingerprint density at radius 2 is 1.89 bits per heavy atom. The zero-order chi connectivity index (χ0) is 19.9. The van der Waals surface area contributed by atoms with E-state index < -0.39 is 0 Å². The number of rotatable bonds is 7. The third-order valence-corrected chi connectivity index (χ3v) is 4.24. The molecule has 1 amide bonds. The zero-order valence-corrected chi connectivity index (χ0v) is 16.2. The SMILES string of the molecule is COc1cc(NC(=O)c2cncc(NCc3cccnc3)c2)c(OC)cc1Cl. The van der Waals surface area contributed by atoms with Gasteiger partial charge in [0, 0.05) is 43.5 Å². The van der Waals surface area contributed by atoms with Crippen molar-refractivity contribution in [1.29, 1.82) is 0 Å². The van der Waals surface area contributed by atoms with Gasteiger partial charge in [-0.05, 0) is 17.7 Å². The number of hydrogen-bond donors (Lipinski definition) is 2. The van der Waals surface area contributed by atoms with E-state index in [1.807, 2.05) is 12.1 Å². The van der Waals surface area contributed by atoms with E-state index in [-0.39, 0.29) is 5.91 Å². The van der Waals surface area contributed by atoms with Gasteiger partial charge in [-0.1, -0.05) is 17.7 Å². The number of carbonyl (C=O) groups is 1. The number of amides is 1. The second-order valence-electron chi connectivity index (χ2n) is 5.82. The number of ether oxygens (including phenoxy) is 2. The van der Waals surface area contributed by atoms with Crippen LogP contribution in [0.15, 0.2) is 55.1 Å². The van der Waals surface area contributed by atoms with E-state index in [2.05, 4.69) is 20.6 Å². The molecule has 3 rings (SSSR count). The molecule has 0 saturated carbocycles. The lowest BCUT2D eigenvalue weighted by Crippen LogP contribution is -2.13. The van der Waals surface area contributed by atoms with Crippen molar-refractivity contribution in [2.24, 2.45) is 0 Å². The molecule has 1 aromatic carbocycles. The molecule has 0 aliphatic heterocycles. The Balaban J connectivity index is 1.74. The fraction of sp³-hybridized carbons (Fsp3) is 0.150. The topological polar surface area (TPSA) is 85.4 Å². The van der Waals surface area contributed by atoms with Crippen molar-refractivity contribution in [3.8, 4) is 11.5 Å². The third-order valence-electron chi connectivity index (χ3n) is 3.94. The molecule has 144 valence electrons. The molecule has 7 nitrogen and oxygen atoms in total. The molecule has 0 aliphatic carbocycles. The number of halogens is 1. The lowest BCUT2D eigenvalue weighted by Gasteiger charge is -2.13. The van der Waals surface area contributed by atoms with E-state index in [0.29, 0.717) is 34.3 Å². The average molecular weight is 399 g/mol. The first-order chi connectivity index (χ1) is 13.6. The highest BCUT2D eigenvalue weighted by atomic mass is 35.5. The van der Waals surface area contributed by atoms with Crippen molar-refractivity contribution in [2.45, 2.75) is 6.54 Å². The summed E-state index contributed by atoms with van der Waals surface area (Å²) in [5.74, 6) is 0.529. The van der Waals surface area contributed by atoms with Gasteiger partial charge >= 0.3 is 0 Å². The molecule has 0 atom stereocenters. The average Bonchev–Trinajstić information content (AvgIpc) is 2.74. The van der Waals surface area contributed by atoms with Crippen LogP contribution in [0.4, 0.5) is 11.4 Å². The summed E-state index contributed by atoms with van der Waals surface area (Å²) < 4.78 is 10.5. The molecule has 0 unspecified atom stereocenters. The van der Waals surface area contributed by atoms with Crippen LogP contribution in [0.25, 0.3) is 0 Å². The number of carbonyl (C=O) groups excluding carboxylic acids is 1. The summed E-state index contributed by atoms with van der Waals surface area (Å²) >= 11 is 6.10. The predicted octanol–water partition coefficient (Wildman–Crippen LogP) is 4.01. The smallest absolute Gasteiger partial charge is 0.257 e. The molecule has 0 radical (unpaired) electrons. The van der Waals surface area contributed by atoms with Crippen LogP contribution in [0.3, 0.4) is 0 Å². The van der Waals surface area contributed by atoms with Crippen LogP contribution in [0.5, 0.6) is 11.5 Å². The van der Waals surface area contributed by atoms with Gasteiger partial charge in [0.05, 0.1) is 36.2 Å². The number of benzene rings is 1. The highest BCUT2D eigenvalue weighted by Gasteiger charge is 2.14. The fourth-order valence-electron chi connectivity index (χ4n) is 2.52. The summed E-state index contributed by atoms with van der Waals surface area (Å²) in [5, 5.41) is 6.41. The van der Waals surface area contributed by atoms with Gasteiger partial charge in [-0.25, -0.2) is 0 Å². The van der Waals surface area contributed by atoms with Crippen LogP contribution in [0, 0.1) is 0 Å². The molecule has 2 aromatic heterocycles. The normalized spacial score (nSPS) is 10.2. The Labute approximate surface area is 167 Å². The molecule has 0 bridgehead atoms. The number of anilines is 2. The highest BCUT2D eigenvalue weighted by Crippen LogP contribution is 2.36. The maximum atomic E-state index is 12.7. The second kappa shape index (κ2) is 9.05. The van der Waals surface area contributed by atoms with E-state index in [1.165, 1.54) is 20.4 Å². The van der Waals surface area contributed by atoms with Gasteiger partial charge in [0.1, 0.15) is 11.5 Å². The van der Waals surface area contributed by atoms with Crippen molar-refractivity contribution >= 4 is 28.9 Å². The molecule has 28 heavy (non-hydrogen) atoms. The minimum absolute atomic E-state index is 0.333. The van der Waals surface area contributed by atoms with Crippen LogP contribution in [-0.2, 0) is 6.54 Å². The molecule has 0 saturated heterocycles. The van der Waals surface area contributed by atoms with Gasteiger partial charge in [0.2, 0.25) is 0 Å². The molecular weight excluding hydrogens is 380 g/mol. The molecule has 0 fully saturated rings. The van der Waals surface area contributed by atoms with Crippen LogP contribution < -0.4 is 20.1 Å². The first-order valence-electron chi connectivity index (χ1n) is 8.41. The quantitative estimate of drug-likeness (QED) is 0.625. The Kier molecular flexibility index (Phi) is 6.29. The summed E-state index contributed by atoms with van der Waals surface area (Å²) in [5.41, 5.74) is 2.59. The molecular formula is C20H19ClN4O3. The van der Waals surface area contributed by atoms with Crippen LogP contribution in [0.2, 0.25) is 5.02 Å². The Morgan fingerprint density at radius 1 is 1.07 bits per heavy atom. The van der Waals surface area contributed by atoms with Gasteiger partial charge in [-0.3, -0.25) is 14.8 Å². The summed E-state index contributed by atoms with van der Waals surface area (Å²) in [6.45, 7) is 0.572. The number of aromatic nitrogens is 2. The van der Waals surface area contributed by atoms with E-state index >= 15 is 0 Å². The summed E-state index contributed by atoms with van der Waals surface area (Å²) in [6.07, 6.45) is 6.64. The number of nitrogens with zero attached hydrogens (tertiary/aromatic N) is 2. The van der Waals surface area contributed by atoms with E-state index in [9.17, 15) is 4.79 Å². The first kappa shape index (κ1) is 19.4. The Bertz CT molecular complexity index is 967. The Hall–Kier alpha value is -3.32. The fourth-order valence-corrected chi connectivity index (χ4v) is 2.75. The maximum Gasteiger partial charge on any atom is 0.257 e. The lowest BCUT2D eigenvalue weighted by atomic mass is 10.2. The van der Waals surface area contributed by atoms with Crippen molar-refractivity contribution in [3.63, 3.8) is 0 Å². The largest absolute Gasteiger partial charge is 0.495 e. The van der Waals surface area contributed by atoms with E-state index in [0.717, 1.165) is 11.3 Å². The summed E-state index contributed by atoms with van der Waals surface area (Å²) in [7, 11) is 3.00. The van der Waals surface area contributed by atoms with Gasteiger partial charge in [0.25, 0.3) is 5.91 Å². The monoisotopic (exact) mass is 398 g/mol. The van der Waals surface area contributed by atoms with Crippen molar-refractivity contribution < 1.29 is 14.3 Å². The van der Waals surface area contributed by atoms with Crippen LogP contribution >= 0.6 is 11.6 Å². The maximum absolute atomic E-state index is 12.7. The highest BCUT2D eigenvalue weighted by molar-refractivity contribution is 6.32. The van der Waals surface area contributed by atoms with E-state index in [4.69, 9.17) is 21.1 Å². The zero-order valence-electron chi connectivity index (χ0n) is 15.4. The van der Waals surface area contributed by atoms with Crippen LogP contribution in [0.1, 0.15) is 15.9 Å². The minimum Gasteiger partial charge on any atom is -0.495 e. The number of methoxy groups -OCH3 is 2. The van der Waals surface area contributed by atoms with Gasteiger partial charge in [-0.15, -0.1) is 0 Å². The predicted molar refractivity (Wildman–Crippen MR) is 108 cm³/mol. The molecule has 3 aromatic rings. The number of hydrogen-bond acceptors (Lipinski definition) is 6. The second-order valence-corrected chi connectivity index (χ2v) is 6.23. The molecule has 0 spiro atoms. The summed E-state index contributed by atoms with van der Waals surface area (Å²) in [6, 6.07) is 8.74. The number of nitrogens with one attached hydrogen (secondary N) is 2. The van der Waals surface area contributed by atoms with Crippen molar-refractivity contribution in [1.82, 2.24) is 9.97 Å². The van der Waals surface area contributed by atoms with Crippen molar-refractivity contribution in [2.75, 3.05) is 24.9 Å².